The van der Waals surface area contributed by atoms with Gasteiger partial charge in [0.1, 0.15) is 4.83 Å². The maximum Gasteiger partial charge on any atom is 0.263 e. The van der Waals surface area contributed by atoms with E-state index in [4.69, 9.17) is 5.11 Å². The first-order chi connectivity index (χ1) is 9.76. The van der Waals surface area contributed by atoms with Gasteiger partial charge in [-0.1, -0.05) is 0 Å². The number of aliphatic hydroxyl groups excluding tert-OH is 1. The SMILES string of the molecule is CCn1c(NCCO)nc2sc3c(c2c1=O)CCCC3. The van der Waals surface area contributed by atoms with Crippen molar-refractivity contribution in [3.8, 4) is 0 Å². The lowest BCUT2D eigenvalue weighted by Crippen LogP contribution is -2.25. The van der Waals surface area contributed by atoms with Crippen molar-refractivity contribution in [1.29, 1.82) is 0 Å². The molecule has 0 aromatic carbocycles. The zero-order chi connectivity index (χ0) is 14.1. The Balaban J connectivity index is 2.21. The van der Waals surface area contributed by atoms with E-state index in [0.717, 1.165) is 29.5 Å². The van der Waals surface area contributed by atoms with Crippen LogP contribution < -0.4 is 10.9 Å². The highest BCUT2D eigenvalue weighted by atomic mass is 32.1. The molecule has 2 N–H and O–H groups in total. The van der Waals surface area contributed by atoms with Gasteiger partial charge >= 0.3 is 0 Å². The number of hydrogen-bond donors (Lipinski definition) is 2. The van der Waals surface area contributed by atoms with E-state index in [0.29, 0.717) is 19.0 Å². The molecule has 0 spiro atoms. The lowest BCUT2D eigenvalue weighted by atomic mass is 9.97. The normalized spacial score (nSPS) is 14.5. The number of rotatable bonds is 4. The van der Waals surface area contributed by atoms with Crippen molar-refractivity contribution in [1.82, 2.24) is 9.55 Å². The summed E-state index contributed by atoms with van der Waals surface area (Å²) in [6.07, 6.45) is 4.44. The summed E-state index contributed by atoms with van der Waals surface area (Å²) in [4.78, 5) is 19.5. The van der Waals surface area contributed by atoms with E-state index >= 15 is 0 Å². The Morgan fingerprint density at radius 2 is 2.20 bits per heavy atom. The quantitative estimate of drug-likeness (QED) is 0.901. The average Bonchev–Trinajstić information content (AvgIpc) is 2.83. The summed E-state index contributed by atoms with van der Waals surface area (Å²) in [5, 5.41) is 12.8. The lowest BCUT2D eigenvalue weighted by molar-refractivity contribution is 0.310. The van der Waals surface area contributed by atoms with E-state index in [1.165, 1.54) is 16.9 Å². The van der Waals surface area contributed by atoms with Crippen molar-refractivity contribution in [2.45, 2.75) is 39.2 Å². The van der Waals surface area contributed by atoms with E-state index in [1.54, 1.807) is 15.9 Å². The minimum absolute atomic E-state index is 0.0264. The molecule has 1 aliphatic carbocycles. The molecule has 0 saturated heterocycles. The van der Waals surface area contributed by atoms with Gasteiger partial charge in [-0.2, -0.15) is 0 Å². The molecule has 0 saturated carbocycles. The van der Waals surface area contributed by atoms with Crippen LogP contribution in [0.5, 0.6) is 0 Å². The second-order valence-corrected chi connectivity index (χ2v) is 6.11. The number of nitrogens with zero attached hydrogens (tertiary/aromatic N) is 2. The number of aliphatic hydroxyl groups is 1. The summed E-state index contributed by atoms with van der Waals surface area (Å²) in [6, 6.07) is 0. The number of thiophene rings is 1. The van der Waals surface area contributed by atoms with Crippen LogP contribution in [0.15, 0.2) is 4.79 Å². The first kappa shape index (κ1) is 13.6. The van der Waals surface area contributed by atoms with Crippen molar-refractivity contribution >= 4 is 27.5 Å². The molecule has 2 heterocycles. The second kappa shape index (κ2) is 5.54. The van der Waals surface area contributed by atoms with E-state index < -0.39 is 0 Å². The highest BCUT2D eigenvalue weighted by molar-refractivity contribution is 7.18. The predicted molar refractivity (Wildman–Crippen MR) is 81.8 cm³/mol. The van der Waals surface area contributed by atoms with Crippen LogP contribution in [0.2, 0.25) is 0 Å². The Labute approximate surface area is 121 Å². The predicted octanol–water partition coefficient (Wildman–Crippen LogP) is 1.76. The molecule has 20 heavy (non-hydrogen) atoms. The van der Waals surface area contributed by atoms with Crippen LogP contribution in [0.25, 0.3) is 10.2 Å². The van der Waals surface area contributed by atoms with E-state index in [9.17, 15) is 4.79 Å². The topological polar surface area (TPSA) is 67.2 Å². The van der Waals surface area contributed by atoms with Crippen molar-refractivity contribution in [2.24, 2.45) is 0 Å². The van der Waals surface area contributed by atoms with Crippen LogP contribution >= 0.6 is 11.3 Å². The number of fused-ring (bicyclic) bond motifs is 3. The second-order valence-electron chi connectivity index (χ2n) is 5.03. The van der Waals surface area contributed by atoms with Gasteiger partial charge in [0.25, 0.3) is 5.56 Å². The van der Waals surface area contributed by atoms with Crippen molar-refractivity contribution in [3.63, 3.8) is 0 Å². The third-order valence-electron chi connectivity index (χ3n) is 3.79. The average molecular weight is 293 g/mol. The molecule has 0 amide bonds. The van der Waals surface area contributed by atoms with Crippen molar-refractivity contribution in [3.05, 3.63) is 20.8 Å². The molecule has 3 rings (SSSR count). The smallest absolute Gasteiger partial charge is 0.263 e. The number of anilines is 1. The van der Waals surface area contributed by atoms with Crippen LogP contribution in [-0.2, 0) is 19.4 Å². The fourth-order valence-electron chi connectivity index (χ4n) is 2.83. The first-order valence-electron chi connectivity index (χ1n) is 7.16. The zero-order valence-electron chi connectivity index (χ0n) is 11.6. The van der Waals surface area contributed by atoms with Gasteiger partial charge in [0.15, 0.2) is 0 Å². The highest BCUT2D eigenvalue weighted by Crippen LogP contribution is 2.34. The standard InChI is InChI=1S/C14H19N3O2S/c1-2-17-13(19)11-9-5-3-4-6-10(9)20-12(11)16-14(17)15-7-8-18/h18H,2-8H2,1H3,(H,15,16). The molecule has 0 atom stereocenters. The maximum absolute atomic E-state index is 12.7. The summed E-state index contributed by atoms with van der Waals surface area (Å²) in [7, 11) is 0. The van der Waals surface area contributed by atoms with Crippen molar-refractivity contribution < 1.29 is 5.11 Å². The Kier molecular flexibility index (Phi) is 3.76. The van der Waals surface area contributed by atoms with Gasteiger partial charge in [0.2, 0.25) is 5.95 Å². The van der Waals surface area contributed by atoms with Crippen LogP contribution in [0, 0.1) is 0 Å². The molecule has 0 unspecified atom stereocenters. The molecule has 6 heteroatoms. The summed E-state index contributed by atoms with van der Waals surface area (Å²) in [5.41, 5.74) is 1.28. The molecule has 5 nitrogen and oxygen atoms in total. The molecule has 0 radical (unpaired) electrons. The van der Waals surface area contributed by atoms with Crippen molar-refractivity contribution in [2.75, 3.05) is 18.5 Å². The van der Waals surface area contributed by atoms with Gasteiger partial charge in [-0.05, 0) is 38.2 Å². The molecule has 0 aliphatic heterocycles. The molecule has 2 aromatic rings. The van der Waals surface area contributed by atoms with Crippen LogP contribution in [0.3, 0.4) is 0 Å². The Morgan fingerprint density at radius 1 is 1.40 bits per heavy atom. The fourth-order valence-corrected chi connectivity index (χ4v) is 4.09. The number of nitrogens with one attached hydrogen (secondary N) is 1. The molecular formula is C14H19N3O2S. The maximum atomic E-state index is 12.7. The van der Waals surface area contributed by atoms with E-state index in [-0.39, 0.29) is 12.2 Å². The number of aromatic nitrogens is 2. The van der Waals surface area contributed by atoms with E-state index in [2.05, 4.69) is 10.3 Å². The minimum atomic E-state index is 0.0264. The monoisotopic (exact) mass is 293 g/mol. The van der Waals surface area contributed by atoms with Gasteiger partial charge in [-0.3, -0.25) is 9.36 Å². The molecular weight excluding hydrogens is 274 g/mol. The Bertz CT molecular complexity index is 690. The molecule has 108 valence electrons. The van der Waals surface area contributed by atoms with Gasteiger partial charge in [0.05, 0.1) is 12.0 Å². The van der Waals surface area contributed by atoms with Crippen LogP contribution in [0.4, 0.5) is 5.95 Å². The fraction of sp³-hybridized carbons (Fsp3) is 0.571. The van der Waals surface area contributed by atoms with Crippen LogP contribution in [-0.4, -0.2) is 27.8 Å². The van der Waals surface area contributed by atoms with Crippen LogP contribution in [0.1, 0.15) is 30.2 Å². The molecule has 0 fully saturated rings. The summed E-state index contributed by atoms with van der Waals surface area (Å²) < 4.78 is 1.67. The zero-order valence-corrected chi connectivity index (χ0v) is 12.4. The van der Waals surface area contributed by atoms with Gasteiger partial charge < -0.3 is 10.4 Å². The first-order valence-corrected chi connectivity index (χ1v) is 7.97. The largest absolute Gasteiger partial charge is 0.395 e. The molecule has 1 aliphatic rings. The summed E-state index contributed by atoms with van der Waals surface area (Å²) in [5.74, 6) is 0.567. The highest BCUT2D eigenvalue weighted by Gasteiger charge is 2.21. The lowest BCUT2D eigenvalue weighted by Gasteiger charge is -2.13. The molecule has 2 aromatic heterocycles. The Hall–Kier alpha value is -1.40. The van der Waals surface area contributed by atoms with Gasteiger partial charge in [0, 0.05) is 18.0 Å². The van der Waals surface area contributed by atoms with E-state index in [1.807, 2.05) is 6.92 Å². The number of aryl methyl sites for hydroxylation is 2. The Morgan fingerprint density at radius 3 is 2.95 bits per heavy atom. The summed E-state index contributed by atoms with van der Waals surface area (Å²) in [6.45, 7) is 2.96. The third-order valence-corrected chi connectivity index (χ3v) is 4.97. The van der Waals surface area contributed by atoms with Gasteiger partial charge in [-0.15, -0.1) is 11.3 Å². The third kappa shape index (κ3) is 2.13. The van der Waals surface area contributed by atoms with Gasteiger partial charge in [-0.25, -0.2) is 4.98 Å². The molecule has 0 bridgehead atoms. The minimum Gasteiger partial charge on any atom is -0.395 e. The summed E-state index contributed by atoms with van der Waals surface area (Å²) >= 11 is 1.65. The number of hydrogen-bond acceptors (Lipinski definition) is 5.